The first kappa shape index (κ1) is 19.0. The van der Waals surface area contributed by atoms with Crippen molar-refractivity contribution in [3.8, 4) is 11.5 Å². The van der Waals surface area contributed by atoms with Crippen LogP contribution in [0.3, 0.4) is 0 Å². The lowest BCUT2D eigenvalue weighted by molar-refractivity contribution is 0.0664. The SMILES string of the molecule is CN1CCN(C(=O)c2cccc3c2NC(c2ccc(O)cc2O)C2CC=CC32)CC1. The van der Waals surface area contributed by atoms with Gasteiger partial charge in [0.05, 0.1) is 17.3 Å². The zero-order valence-electron chi connectivity index (χ0n) is 17.1. The number of amides is 1. The average molecular weight is 405 g/mol. The minimum Gasteiger partial charge on any atom is -0.508 e. The third-order valence-corrected chi connectivity index (χ3v) is 6.77. The molecule has 0 spiro atoms. The fourth-order valence-corrected chi connectivity index (χ4v) is 5.08. The van der Waals surface area contributed by atoms with Crippen LogP contribution in [0.2, 0.25) is 0 Å². The highest BCUT2D eigenvalue weighted by atomic mass is 16.3. The topological polar surface area (TPSA) is 76.0 Å². The molecule has 2 aliphatic heterocycles. The molecule has 0 bridgehead atoms. The summed E-state index contributed by atoms with van der Waals surface area (Å²) in [5.74, 6) is 0.618. The Kier molecular flexibility index (Phi) is 4.66. The van der Waals surface area contributed by atoms with Crippen LogP contribution in [0.5, 0.6) is 11.5 Å². The Morgan fingerprint density at radius 2 is 1.87 bits per heavy atom. The van der Waals surface area contributed by atoms with E-state index < -0.39 is 0 Å². The van der Waals surface area contributed by atoms with Gasteiger partial charge in [0, 0.05) is 43.7 Å². The van der Waals surface area contributed by atoms with Gasteiger partial charge in [-0.25, -0.2) is 0 Å². The number of hydrogen-bond donors (Lipinski definition) is 3. The van der Waals surface area contributed by atoms with Crippen LogP contribution in [0.25, 0.3) is 0 Å². The second-order valence-corrected chi connectivity index (χ2v) is 8.58. The van der Waals surface area contributed by atoms with Gasteiger partial charge in [0.2, 0.25) is 0 Å². The van der Waals surface area contributed by atoms with Crippen LogP contribution in [-0.2, 0) is 0 Å². The van der Waals surface area contributed by atoms with Gasteiger partial charge in [-0.3, -0.25) is 4.79 Å². The van der Waals surface area contributed by atoms with Crippen LogP contribution in [0.15, 0.2) is 48.6 Å². The molecule has 3 unspecified atom stereocenters. The summed E-state index contributed by atoms with van der Waals surface area (Å²) in [5.41, 5.74) is 3.45. The van der Waals surface area contributed by atoms with Crippen molar-refractivity contribution in [1.82, 2.24) is 9.80 Å². The Bertz CT molecular complexity index is 1010. The first-order valence-corrected chi connectivity index (χ1v) is 10.6. The van der Waals surface area contributed by atoms with Crippen molar-refractivity contribution in [2.75, 3.05) is 38.5 Å². The fraction of sp³-hybridized carbons (Fsp3) is 0.375. The van der Waals surface area contributed by atoms with E-state index in [1.165, 1.54) is 6.07 Å². The fourth-order valence-electron chi connectivity index (χ4n) is 5.08. The van der Waals surface area contributed by atoms with Crippen LogP contribution in [0, 0.1) is 5.92 Å². The van der Waals surface area contributed by atoms with Gasteiger partial charge in [0.1, 0.15) is 11.5 Å². The quantitative estimate of drug-likeness (QED) is 0.669. The Morgan fingerprint density at radius 1 is 1.07 bits per heavy atom. The molecule has 3 atom stereocenters. The minimum absolute atomic E-state index is 0.0412. The zero-order valence-corrected chi connectivity index (χ0v) is 17.1. The lowest BCUT2D eigenvalue weighted by Gasteiger charge is -2.39. The first-order valence-electron chi connectivity index (χ1n) is 10.6. The van der Waals surface area contributed by atoms with Gasteiger partial charge in [0.25, 0.3) is 5.91 Å². The number of carbonyl (C=O) groups is 1. The standard InChI is InChI=1S/C24H27N3O3/c1-26-10-12-27(13-11-26)24(30)20-7-3-6-18-16-4-2-5-17(16)22(25-23(18)20)19-9-8-15(28)14-21(19)29/h2-4,6-9,14,16-17,22,25,28-29H,5,10-13H2,1H3. The highest BCUT2D eigenvalue weighted by molar-refractivity contribution is 6.01. The van der Waals surface area contributed by atoms with E-state index in [1.807, 2.05) is 17.0 Å². The number of anilines is 1. The number of nitrogens with one attached hydrogen (secondary N) is 1. The van der Waals surface area contributed by atoms with Crippen molar-refractivity contribution in [2.24, 2.45) is 5.92 Å². The molecular weight excluding hydrogens is 378 g/mol. The molecule has 6 nitrogen and oxygen atoms in total. The molecule has 2 heterocycles. The molecule has 2 aromatic carbocycles. The van der Waals surface area contributed by atoms with Crippen molar-refractivity contribution >= 4 is 11.6 Å². The second kappa shape index (κ2) is 7.36. The smallest absolute Gasteiger partial charge is 0.256 e. The van der Waals surface area contributed by atoms with E-state index in [1.54, 1.807) is 12.1 Å². The lowest BCUT2D eigenvalue weighted by Crippen LogP contribution is -2.47. The van der Waals surface area contributed by atoms with Gasteiger partial charge in [0.15, 0.2) is 0 Å². The van der Waals surface area contributed by atoms with Crippen LogP contribution in [-0.4, -0.2) is 59.1 Å². The van der Waals surface area contributed by atoms with Gasteiger partial charge in [-0.15, -0.1) is 0 Å². The molecule has 2 aromatic rings. The highest BCUT2D eigenvalue weighted by Crippen LogP contribution is 2.52. The van der Waals surface area contributed by atoms with Crippen molar-refractivity contribution in [2.45, 2.75) is 18.4 Å². The van der Waals surface area contributed by atoms with E-state index >= 15 is 0 Å². The zero-order chi connectivity index (χ0) is 20.8. The predicted molar refractivity (Wildman–Crippen MR) is 116 cm³/mol. The molecule has 156 valence electrons. The van der Waals surface area contributed by atoms with E-state index in [-0.39, 0.29) is 35.3 Å². The van der Waals surface area contributed by atoms with E-state index in [0.717, 1.165) is 49.4 Å². The molecule has 1 aliphatic carbocycles. The maximum Gasteiger partial charge on any atom is 0.256 e. The van der Waals surface area contributed by atoms with E-state index in [2.05, 4.69) is 35.5 Å². The number of fused-ring (bicyclic) bond motifs is 3. The summed E-state index contributed by atoms with van der Waals surface area (Å²) in [6.07, 6.45) is 5.31. The van der Waals surface area contributed by atoms with Gasteiger partial charge < -0.3 is 25.3 Å². The molecule has 3 aliphatic rings. The van der Waals surface area contributed by atoms with Gasteiger partial charge >= 0.3 is 0 Å². The summed E-state index contributed by atoms with van der Waals surface area (Å²) in [5, 5.41) is 23.8. The van der Waals surface area contributed by atoms with Crippen molar-refractivity contribution in [3.05, 3.63) is 65.2 Å². The van der Waals surface area contributed by atoms with Crippen molar-refractivity contribution in [3.63, 3.8) is 0 Å². The number of likely N-dealkylation sites (N-methyl/N-ethyl adjacent to an activating group) is 1. The summed E-state index contributed by atoms with van der Waals surface area (Å²) in [6.45, 7) is 3.22. The second-order valence-electron chi connectivity index (χ2n) is 8.58. The summed E-state index contributed by atoms with van der Waals surface area (Å²) < 4.78 is 0. The van der Waals surface area contributed by atoms with E-state index in [4.69, 9.17) is 0 Å². The molecule has 0 aromatic heterocycles. The maximum atomic E-state index is 13.4. The number of hydrogen-bond acceptors (Lipinski definition) is 5. The van der Waals surface area contributed by atoms with Crippen LogP contribution < -0.4 is 5.32 Å². The van der Waals surface area contributed by atoms with Crippen molar-refractivity contribution in [1.29, 1.82) is 0 Å². The Hall–Kier alpha value is -2.99. The Balaban J connectivity index is 1.54. The molecule has 5 rings (SSSR count). The van der Waals surface area contributed by atoms with Crippen LogP contribution >= 0.6 is 0 Å². The number of piperazine rings is 1. The number of para-hydroxylation sites is 1. The van der Waals surface area contributed by atoms with E-state index in [0.29, 0.717) is 5.56 Å². The number of phenolic OH excluding ortho intramolecular Hbond substituents is 2. The largest absolute Gasteiger partial charge is 0.508 e. The predicted octanol–water partition coefficient (Wildman–Crippen LogP) is 3.31. The summed E-state index contributed by atoms with van der Waals surface area (Å²) in [6, 6.07) is 10.6. The summed E-state index contributed by atoms with van der Waals surface area (Å²) >= 11 is 0. The number of aromatic hydroxyl groups is 2. The molecular formula is C24H27N3O3. The molecule has 1 fully saturated rings. The first-order chi connectivity index (χ1) is 14.5. The number of carbonyl (C=O) groups excluding carboxylic acids is 1. The lowest BCUT2D eigenvalue weighted by atomic mass is 9.76. The number of benzene rings is 2. The van der Waals surface area contributed by atoms with Gasteiger partial charge in [-0.1, -0.05) is 24.3 Å². The Labute approximate surface area is 176 Å². The number of nitrogens with zero attached hydrogens (tertiary/aromatic N) is 2. The van der Waals surface area contributed by atoms with Gasteiger partial charge in [-0.2, -0.15) is 0 Å². The third-order valence-electron chi connectivity index (χ3n) is 6.77. The minimum atomic E-state index is -0.139. The van der Waals surface area contributed by atoms with Gasteiger partial charge in [-0.05, 0) is 43.1 Å². The third kappa shape index (κ3) is 3.12. The molecule has 1 saturated heterocycles. The summed E-state index contributed by atoms with van der Waals surface area (Å²) in [7, 11) is 2.08. The molecule has 0 radical (unpaired) electrons. The highest BCUT2D eigenvalue weighted by Gasteiger charge is 2.40. The van der Waals surface area contributed by atoms with E-state index in [9.17, 15) is 15.0 Å². The number of rotatable bonds is 2. The number of allylic oxidation sites excluding steroid dienone is 2. The van der Waals surface area contributed by atoms with Crippen LogP contribution in [0.1, 0.15) is 39.9 Å². The summed E-state index contributed by atoms with van der Waals surface area (Å²) in [4.78, 5) is 17.6. The molecule has 1 amide bonds. The van der Waals surface area contributed by atoms with Crippen LogP contribution in [0.4, 0.5) is 5.69 Å². The normalized spacial score (nSPS) is 25.5. The Morgan fingerprint density at radius 3 is 2.63 bits per heavy atom. The monoisotopic (exact) mass is 405 g/mol. The maximum absolute atomic E-state index is 13.4. The number of phenols is 2. The molecule has 30 heavy (non-hydrogen) atoms. The average Bonchev–Trinajstić information content (AvgIpc) is 3.23. The van der Waals surface area contributed by atoms with Crippen molar-refractivity contribution < 1.29 is 15.0 Å². The molecule has 6 heteroatoms. The molecule has 3 N–H and O–H groups in total. The molecule has 0 saturated carbocycles.